The lowest BCUT2D eigenvalue weighted by atomic mass is 10.0. The molecule has 25 heavy (non-hydrogen) atoms. The SMILES string of the molecule is C#CCCC1(CCC(=O)N2CCCc3c(C(=O)OCC)cnn32)N=N1. The van der Waals surface area contributed by atoms with Crippen LogP contribution in [0.5, 0.6) is 0 Å². The van der Waals surface area contributed by atoms with Crippen molar-refractivity contribution in [2.45, 2.75) is 51.1 Å². The monoisotopic (exact) mass is 343 g/mol. The summed E-state index contributed by atoms with van der Waals surface area (Å²) in [6, 6.07) is 0. The summed E-state index contributed by atoms with van der Waals surface area (Å²) in [4.78, 5) is 26.2. The molecule has 0 saturated carbocycles. The number of nitrogens with zero attached hydrogens (tertiary/aromatic N) is 5. The van der Waals surface area contributed by atoms with Gasteiger partial charge in [-0.25, -0.2) is 9.80 Å². The molecule has 0 fully saturated rings. The second-order valence-corrected chi connectivity index (χ2v) is 6.12. The van der Waals surface area contributed by atoms with Gasteiger partial charge < -0.3 is 4.74 Å². The first-order chi connectivity index (χ1) is 12.1. The molecular weight excluding hydrogens is 322 g/mol. The van der Waals surface area contributed by atoms with Crippen molar-refractivity contribution >= 4 is 11.9 Å². The number of carbonyl (C=O) groups excluding carboxylic acids is 2. The second kappa shape index (κ2) is 7.05. The van der Waals surface area contributed by atoms with Crippen molar-refractivity contribution < 1.29 is 14.3 Å². The average molecular weight is 343 g/mol. The second-order valence-electron chi connectivity index (χ2n) is 6.12. The maximum absolute atomic E-state index is 12.6. The molecule has 0 atom stereocenters. The molecule has 3 rings (SSSR count). The van der Waals surface area contributed by atoms with E-state index >= 15 is 0 Å². The topological polar surface area (TPSA) is 89.2 Å². The highest BCUT2D eigenvalue weighted by molar-refractivity contribution is 5.91. The molecule has 2 aliphatic rings. The van der Waals surface area contributed by atoms with E-state index in [2.05, 4.69) is 21.2 Å². The van der Waals surface area contributed by atoms with E-state index in [0.717, 1.165) is 12.1 Å². The molecular formula is C17H21N5O3. The summed E-state index contributed by atoms with van der Waals surface area (Å²) in [6.45, 7) is 2.63. The zero-order valence-corrected chi connectivity index (χ0v) is 14.3. The van der Waals surface area contributed by atoms with Crippen LogP contribution in [0.25, 0.3) is 0 Å². The van der Waals surface area contributed by atoms with Crippen LogP contribution in [-0.2, 0) is 16.0 Å². The highest BCUT2D eigenvalue weighted by atomic mass is 16.5. The van der Waals surface area contributed by atoms with E-state index in [4.69, 9.17) is 11.2 Å². The van der Waals surface area contributed by atoms with Crippen LogP contribution in [-0.4, -0.2) is 40.6 Å². The molecule has 0 bridgehead atoms. The zero-order valence-electron chi connectivity index (χ0n) is 14.3. The number of terminal acetylenes is 1. The number of fused-ring (bicyclic) bond motifs is 1. The Labute approximate surface area is 146 Å². The largest absolute Gasteiger partial charge is 0.462 e. The first-order valence-corrected chi connectivity index (χ1v) is 8.52. The van der Waals surface area contributed by atoms with Gasteiger partial charge in [-0.3, -0.25) is 4.79 Å². The van der Waals surface area contributed by atoms with Gasteiger partial charge >= 0.3 is 5.97 Å². The third-order valence-electron chi connectivity index (χ3n) is 4.44. The Morgan fingerprint density at radius 3 is 2.88 bits per heavy atom. The van der Waals surface area contributed by atoms with Crippen LogP contribution in [0, 0.1) is 12.3 Å². The number of rotatable bonds is 7. The van der Waals surface area contributed by atoms with Gasteiger partial charge in [0.25, 0.3) is 0 Å². The van der Waals surface area contributed by atoms with Crippen molar-refractivity contribution in [3.05, 3.63) is 17.5 Å². The summed E-state index contributed by atoms with van der Waals surface area (Å²) in [5, 5.41) is 13.9. The molecule has 0 radical (unpaired) electrons. The maximum Gasteiger partial charge on any atom is 0.341 e. The lowest BCUT2D eigenvalue weighted by molar-refractivity contribution is -0.120. The van der Waals surface area contributed by atoms with Crippen molar-refractivity contribution in [1.82, 2.24) is 9.89 Å². The third kappa shape index (κ3) is 3.55. The summed E-state index contributed by atoms with van der Waals surface area (Å²) >= 11 is 0. The van der Waals surface area contributed by atoms with E-state index in [-0.39, 0.29) is 5.91 Å². The van der Waals surface area contributed by atoms with Crippen LogP contribution in [0.4, 0.5) is 0 Å². The summed E-state index contributed by atoms with van der Waals surface area (Å²) in [5.41, 5.74) is 0.679. The van der Waals surface area contributed by atoms with Crippen LogP contribution in [0.3, 0.4) is 0 Å². The lowest BCUT2D eigenvalue weighted by Gasteiger charge is -2.28. The molecule has 0 saturated heterocycles. The highest BCUT2D eigenvalue weighted by Gasteiger charge is 2.40. The standard InChI is InChI=1S/C17H21N5O3/c1-3-5-9-17(19-20-17)10-8-15(23)21-11-6-7-14-13(12-18-22(14)21)16(24)25-4-2/h1,12H,4-11H2,2H3. The average Bonchev–Trinajstić information content (AvgIpc) is 3.26. The van der Waals surface area contributed by atoms with Crippen molar-refractivity contribution in [2.75, 3.05) is 18.2 Å². The van der Waals surface area contributed by atoms with E-state index in [9.17, 15) is 9.59 Å². The molecule has 0 aliphatic carbocycles. The highest BCUT2D eigenvalue weighted by Crippen LogP contribution is 2.37. The van der Waals surface area contributed by atoms with Gasteiger partial charge in [0, 0.05) is 32.2 Å². The minimum absolute atomic E-state index is 0.0585. The summed E-state index contributed by atoms with van der Waals surface area (Å²) < 4.78 is 5.05. The fourth-order valence-electron chi connectivity index (χ4n) is 3.01. The first-order valence-electron chi connectivity index (χ1n) is 8.52. The number of hydrogen-bond acceptors (Lipinski definition) is 6. The molecule has 2 aliphatic heterocycles. The number of aromatic nitrogens is 2. The zero-order chi connectivity index (χ0) is 17.9. The van der Waals surface area contributed by atoms with Gasteiger partial charge in [-0.05, 0) is 19.8 Å². The molecule has 0 N–H and O–H groups in total. The molecule has 1 amide bonds. The fraction of sp³-hybridized carbons (Fsp3) is 0.588. The Morgan fingerprint density at radius 1 is 1.40 bits per heavy atom. The molecule has 132 valence electrons. The van der Waals surface area contributed by atoms with Crippen molar-refractivity contribution in [2.24, 2.45) is 10.2 Å². The number of esters is 1. The van der Waals surface area contributed by atoms with Crippen LogP contribution >= 0.6 is 0 Å². The predicted molar refractivity (Wildman–Crippen MR) is 89.5 cm³/mol. The Bertz CT molecular complexity index is 740. The summed E-state index contributed by atoms with van der Waals surface area (Å²) in [5.74, 6) is 2.12. The van der Waals surface area contributed by atoms with Crippen LogP contribution in [0.15, 0.2) is 16.4 Å². The molecule has 0 unspecified atom stereocenters. The minimum Gasteiger partial charge on any atom is -0.462 e. The van der Waals surface area contributed by atoms with E-state index in [1.165, 1.54) is 11.0 Å². The van der Waals surface area contributed by atoms with Crippen LogP contribution in [0.1, 0.15) is 55.1 Å². The van der Waals surface area contributed by atoms with Crippen molar-refractivity contribution in [3.8, 4) is 12.3 Å². The van der Waals surface area contributed by atoms with Gasteiger partial charge in [0.05, 0.1) is 18.5 Å². The van der Waals surface area contributed by atoms with Gasteiger partial charge in [-0.2, -0.15) is 20.1 Å². The van der Waals surface area contributed by atoms with E-state index in [1.807, 2.05) is 0 Å². The molecule has 1 aromatic rings. The Hall–Kier alpha value is -2.69. The molecule has 3 heterocycles. The summed E-state index contributed by atoms with van der Waals surface area (Å²) in [6.07, 6.45) is 10.3. The predicted octanol–water partition coefficient (Wildman–Crippen LogP) is 1.83. The molecule has 0 aromatic carbocycles. The normalized spacial score (nSPS) is 16.9. The van der Waals surface area contributed by atoms with Crippen molar-refractivity contribution in [3.63, 3.8) is 0 Å². The number of ether oxygens (including phenoxy) is 1. The third-order valence-corrected chi connectivity index (χ3v) is 4.44. The maximum atomic E-state index is 12.6. The summed E-state index contributed by atoms with van der Waals surface area (Å²) in [7, 11) is 0. The number of carbonyl (C=O) groups is 2. The molecule has 1 aromatic heterocycles. The molecule has 8 heteroatoms. The first kappa shape index (κ1) is 17.1. The number of amides is 1. The van der Waals surface area contributed by atoms with Gasteiger partial charge in [-0.15, -0.1) is 12.3 Å². The van der Waals surface area contributed by atoms with E-state index in [1.54, 1.807) is 11.9 Å². The van der Waals surface area contributed by atoms with E-state index in [0.29, 0.717) is 50.8 Å². The lowest BCUT2D eigenvalue weighted by Crippen LogP contribution is -2.46. The van der Waals surface area contributed by atoms with E-state index < -0.39 is 11.6 Å². The van der Waals surface area contributed by atoms with Gasteiger partial charge in [0.2, 0.25) is 5.91 Å². The fourth-order valence-corrected chi connectivity index (χ4v) is 3.01. The minimum atomic E-state index is -0.471. The van der Waals surface area contributed by atoms with Crippen LogP contribution in [0.2, 0.25) is 0 Å². The van der Waals surface area contributed by atoms with Gasteiger partial charge in [0.1, 0.15) is 5.56 Å². The van der Waals surface area contributed by atoms with Crippen molar-refractivity contribution in [1.29, 1.82) is 0 Å². The molecule has 8 nitrogen and oxygen atoms in total. The van der Waals surface area contributed by atoms with Gasteiger partial charge in [0.15, 0.2) is 5.66 Å². The quantitative estimate of drug-likeness (QED) is 0.558. The Kier molecular flexibility index (Phi) is 4.83. The van der Waals surface area contributed by atoms with Gasteiger partial charge in [-0.1, -0.05) is 0 Å². The number of hydrogen-bond donors (Lipinski definition) is 0. The smallest absolute Gasteiger partial charge is 0.341 e. The Morgan fingerprint density at radius 2 is 2.20 bits per heavy atom. The Balaban J connectivity index is 1.66. The molecule has 0 spiro atoms. The van der Waals surface area contributed by atoms with Crippen LogP contribution < -0.4 is 5.01 Å².